The second-order valence-corrected chi connectivity index (χ2v) is 6.46. The minimum absolute atomic E-state index is 0.141. The molecule has 16 heavy (non-hydrogen) atoms. The minimum atomic E-state index is -0.232. The number of carbonyl (C=O) groups is 1. The highest BCUT2D eigenvalue weighted by Crippen LogP contribution is 2.57. The molecule has 0 spiro atoms. The molecule has 1 amide bonds. The van der Waals surface area contributed by atoms with E-state index in [0.29, 0.717) is 0 Å². The van der Waals surface area contributed by atoms with E-state index in [1.165, 1.54) is 38.5 Å². The summed E-state index contributed by atoms with van der Waals surface area (Å²) < 4.78 is 0. The normalized spacial score (nSPS) is 44.8. The van der Waals surface area contributed by atoms with E-state index in [4.69, 9.17) is 11.6 Å². The Morgan fingerprint density at radius 1 is 1.19 bits per heavy atom. The lowest BCUT2D eigenvalue weighted by molar-refractivity contribution is -0.0652. The van der Waals surface area contributed by atoms with Crippen LogP contribution in [0.15, 0.2) is 0 Å². The van der Waals surface area contributed by atoms with E-state index >= 15 is 0 Å². The van der Waals surface area contributed by atoms with Crippen molar-refractivity contribution in [2.45, 2.75) is 51.0 Å². The number of carbonyl (C=O) groups excluding carboxylic acids is 1. The Hall–Kier alpha value is -0.240. The van der Waals surface area contributed by atoms with Crippen molar-refractivity contribution in [1.29, 1.82) is 0 Å². The number of hydrogen-bond acceptors (Lipinski definition) is 1. The maximum Gasteiger partial charge on any atom is 0.316 e. The highest BCUT2D eigenvalue weighted by atomic mass is 35.5. The number of amides is 1. The van der Waals surface area contributed by atoms with Crippen LogP contribution in [0, 0.1) is 17.8 Å². The zero-order valence-corrected chi connectivity index (χ0v) is 10.7. The molecule has 0 unspecified atom stereocenters. The topological polar surface area (TPSA) is 20.3 Å². The predicted octanol–water partition coefficient (Wildman–Crippen LogP) is 3.64. The molecule has 0 aromatic rings. The summed E-state index contributed by atoms with van der Waals surface area (Å²) in [6.07, 6.45) is 7.87. The van der Waals surface area contributed by atoms with Crippen LogP contribution >= 0.6 is 11.6 Å². The van der Waals surface area contributed by atoms with Gasteiger partial charge in [0.15, 0.2) is 0 Å². The van der Waals surface area contributed by atoms with Gasteiger partial charge in [0.05, 0.1) is 0 Å². The maximum absolute atomic E-state index is 11.6. The fourth-order valence-electron chi connectivity index (χ4n) is 5.04. The molecule has 0 saturated heterocycles. The molecule has 0 N–H and O–H groups in total. The summed E-state index contributed by atoms with van der Waals surface area (Å²) in [6.45, 7) is 2.83. The molecule has 0 atom stereocenters. The SMILES string of the molecule is CCN(C(=O)Cl)C12CC3CC(CC(C3)C1)C2. The second kappa shape index (κ2) is 3.63. The van der Waals surface area contributed by atoms with E-state index in [1.807, 2.05) is 4.90 Å². The van der Waals surface area contributed by atoms with Crippen molar-refractivity contribution in [3.05, 3.63) is 0 Å². The molecule has 4 rings (SSSR count). The summed E-state index contributed by atoms with van der Waals surface area (Å²) in [4.78, 5) is 13.5. The van der Waals surface area contributed by atoms with E-state index in [0.717, 1.165) is 24.3 Å². The molecular formula is C13H20ClNO. The first-order valence-electron chi connectivity index (χ1n) is 6.60. The summed E-state index contributed by atoms with van der Waals surface area (Å²) in [5, 5.41) is -0.232. The van der Waals surface area contributed by atoms with Gasteiger partial charge >= 0.3 is 5.37 Å². The lowest BCUT2D eigenvalue weighted by atomic mass is 9.52. The van der Waals surface area contributed by atoms with Gasteiger partial charge in [0.2, 0.25) is 0 Å². The molecule has 90 valence electrons. The number of nitrogens with zero attached hydrogens (tertiary/aromatic N) is 1. The highest BCUT2D eigenvalue weighted by molar-refractivity contribution is 6.62. The Morgan fingerprint density at radius 2 is 1.62 bits per heavy atom. The Bertz CT molecular complexity index is 280. The summed E-state index contributed by atoms with van der Waals surface area (Å²) in [5.41, 5.74) is 0.141. The number of rotatable bonds is 2. The van der Waals surface area contributed by atoms with Crippen molar-refractivity contribution in [2.24, 2.45) is 17.8 Å². The first kappa shape index (κ1) is 10.9. The van der Waals surface area contributed by atoms with Crippen LogP contribution in [0.2, 0.25) is 0 Å². The third-order valence-corrected chi connectivity index (χ3v) is 5.31. The Labute approximate surface area is 102 Å². The van der Waals surface area contributed by atoms with Crippen LogP contribution < -0.4 is 0 Å². The van der Waals surface area contributed by atoms with Crippen LogP contribution in [0.3, 0.4) is 0 Å². The van der Waals surface area contributed by atoms with Gasteiger partial charge in [-0.25, -0.2) is 0 Å². The first-order valence-corrected chi connectivity index (χ1v) is 6.98. The molecule has 0 radical (unpaired) electrons. The van der Waals surface area contributed by atoms with Crippen molar-refractivity contribution in [1.82, 2.24) is 4.90 Å². The molecule has 2 nitrogen and oxygen atoms in total. The molecule has 0 aromatic carbocycles. The lowest BCUT2D eigenvalue weighted by Crippen LogP contribution is -2.60. The van der Waals surface area contributed by atoms with Crippen LogP contribution in [-0.2, 0) is 0 Å². The lowest BCUT2D eigenvalue weighted by Gasteiger charge is -2.60. The zero-order chi connectivity index (χ0) is 11.3. The van der Waals surface area contributed by atoms with Gasteiger partial charge in [0.25, 0.3) is 0 Å². The van der Waals surface area contributed by atoms with Crippen molar-refractivity contribution in [3.63, 3.8) is 0 Å². The van der Waals surface area contributed by atoms with Gasteiger partial charge in [-0.1, -0.05) is 0 Å². The quantitative estimate of drug-likeness (QED) is 0.534. The molecule has 0 heterocycles. The van der Waals surface area contributed by atoms with Crippen molar-refractivity contribution in [3.8, 4) is 0 Å². The molecule has 0 aliphatic heterocycles. The van der Waals surface area contributed by atoms with Gasteiger partial charge < -0.3 is 4.90 Å². The standard InChI is InChI=1S/C13H20ClNO/c1-2-15(12(14)16)13-6-9-3-10(7-13)5-11(4-9)8-13/h9-11H,2-8H2,1H3. The Balaban J connectivity index is 1.90. The molecular weight excluding hydrogens is 222 g/mol. The van der Waals surface area contributed by atoms with Gasteiger partial charge in [-0.2, -0.15) is 0 Å². The smallest absolute Gasteiger partial charge is 0.316 e. The third kappa shape index (κ3) is 1.49. The van der Waals surface area contributed by atoms with Crippen molar-refractivity contribution >= 4 is 17.0 Å². The van der Waals surface area contributed by atoms with Gasteiger partial charge in [-0.3, -0.25) is 4.79 Å². The molecule has 0 aromatic heterocycles. The fourth-order valence-corrected chi connectivity index (χ4v) is 5.34. The molecule has 4 bridgehead atoms. The summed E-state index contributed by atoms with van der Waals surface area (Å²) in [5.74, 6) is 2.61. The van der Waals surface area contributed by atoms with Crippen LogP contribution in [-0.4, -0.2) is 22.3 Å². The average molecular weight is 242 g/mol. The molecule has 4 saturated carbocycles. The summed E-state index contributed by atoms with van der Waals surface area (Å²) in [7, 11) is 0. The number of hydrogen-bond donors (Lipinski definition) is 0. The van der Waals surface area contributed by atoms with E-state index in [1.54, 1.807) is 0 Å². The van der Waals surface area contributed by atoms with Crippen molar-refractivity contribution in [2.75, 3.05) is 6.54 Å². The second-order valence-electron chi connectivity index (χ2n) is 6.14. The van der Waals surface area contributed by atoms with E-state index in [-0.39, 0.29) is 10.9 Å². The van der Waals surface area contributed by atoms with Gasteiger partial charge in [0.1, 0.15) is 0 Å². The monoisotopic (exact) mass is 241 g/mol. The van der Waals surface area contributed by atoms with Gasteiger partial charge in [-0.15, -0.1) is 0 Å². The molecule has 4 aliphatic carbocycles. The van der Waals surface area contributed by atoms with E-state index in [9.17, 15) is 4.79 Å². The van der Waals surface area contributed by atoms with Crippen LogP contribution in [0.25, 0.3) is 0 Å². The van der Waals surface area contributed by atoms with E-state index < -0.39 is 0 Å². The highest BCUT2D eigenvalue weighted by Gasteiger charge is 2.54. The van der Waals surface area contributed by atoms with Gasteiger partial charge in [0, 0.05) is 12.1 Å². The number of halogens is 1. The van der Waals surface area contributed by atoms with E-state index in [2.05, 4.69) is 6.92 Å². The minimum Gasteiger partial charge on any atom is -0.324 e. The van der Waals surface area contributed by atoms with Crippen LogP contribution in [0.5, 0.6) is 0 Å². The van der Waals surface area contributed by atoms with Gasteiger partial charge in [-0.05, 0) is 74.8 Å². The van der Waals surface area contributed by atoms with Crippen LogP contribution in [0.1, 0.15) is 45.4 Å². The largest absolute Gasteiger partial charge is 0.324 e. The summed E-state index contributed by atoms with van der Waals surface area (Å²) >= 11 is 5.77. The first-order chi connectivity index (χ1) is 7.63. The molecule has 3 heteroatoms. The average Bonchev–Trinajstić information content (AvgIpc) is 2.14. The van der Waals surface area contributed by atoms with Crippen molar-refractivity contribution < 1.29 is 4.79 Å². The summed E-state index contributed by atoms with van der Waals surface area (Å²) in [6, 6.07) is 0. The Morgan fingerprint density at radius 3 is 1.94 bits per heavy atom. The molecule has 4 fully saturated rings. The fraction of sp³-hybridized carbons (Fsp3) is 0.923. The third-order valence-electron chi connectivity index (χ3n) is 5.11. The molecule has 4 aliphatic rings. The zero-order valence-electron chi connectivity index (χ0n) is 9.92. The predicted molar refractivity (Wildman–Crippen MR) is 64.5 cm³/mol. The maximum atomic E-state index is 11.6. The van der Waals surface area contributed by atoms with Crippen LogP contribution in [0.4, 0.5) is 4.79 Å². The Kier molecular flexibility index (Phi) is 2.47.